The van der Waals surface area contributed by atoms with Crippen molar-refractivity contribution in [3.63, 3.8) is 0 Å². The molecule has 0 aliphatic carbocycles. The first-order chi connectivity index (χ1) is 7.77. The van der Waals surface area contributed by atoms with Crippen LogP contribution in [0.2, 0.25) is 0 Å². The van der Waals surface area contributed by atoms with E-state index in [9.17, 15) is 10.0 Å². The van der Waals surface area contributed by atoms with Gasteiger partial charge in [-0.25, -0.2) is 0 Å². The van der Waals surface area contributed by atoms with Crippen LogP contribution < -0.4 is 5.46 Å². The minimum Gasteiger partial charge on any atom is -0.456 e. The minimum absolute atomic E-state index is 0. The molecular weight excluding hydrogens is 214 g/mol. The predicted octanol–water partition coefficient (Wildman–Crippen LogP) is 0.885. The van der Waals surface area contributed by atoms with Crippen molar-refractivity contribution in [3.05, 3.63) is 42.5 Å². The molecule has 1 aromatic heterocycles. The summed E-state index contributed by atoms with van der Waals surface area (Å²) in [6, 6.07) is 13.0. The third kappa shape index (κ3) is 1.73. The maximum atomic E-state index is 9.24. The highest BCUT2D eigenvalue weighted by Gasteiger charge is 2.18. The lowest BCUT2D eigenvalue weighted by Crippen LogP contribution is -2.29. The Morgan fingerprint density at radius 1 is 0.882 bits per heavy atom. The molecule has 0 aliphatic rings. The van der Waals surface area contributed by atoms with E-state index in [1.807, 2.05) is 30.3 Å². The van der Waals surface area contributed by atoms with Gasteiger partial charge in [0.05, 0.1) is 0 Å². The molecule has 2 N–H and O–H groups in total. The van der Waals surface area contributed by atoms with Crippen molar-refractivity contribution in [2.75, 3.05) is 0 Å². The monoisotopic (exact) mass is 223 g/mol. The van der Waals surface area contributed by atoms with Gasteiger partial charge in [-0.15, -0.1) is 0 Å². The molecular formula is C12H9B2O3. The fourth-order valence-electron chi connectivity index (χ4n) is 1.97. The highest BCUT2D eigenvalue weighted by atomic mass is 16.4. The van der Waals surface area contributed by atoms with Crippen molar-refractivity contribution >= 4 is 42.9 Å². The van der Waals surface area contributed by atoms with E-state index >= 15 is 0 Å². The van der Waals surface area contributed by atoms with Gasteiger partial charge in [-0.1, -0.05) is 36.4 Å². The van der Waals surface area contributed by atoms with Crippen molar-refractivity contribution in [1.82, 2.24) is 0 Å². The van der Waals surface area contributed by atoms with Crippen LogP contribution >= 0.6 is 0 Å². The zero-order chi connectivity index (χ0) is 11.1. The maximum absolute atomic E-state index is 9.24. The first-order valence-electron chi connectivity index (χ1n) is 5.03. The first-order valence-corrected chi connectivity index (χ1v) is 5.03. The van der Waals surface area contributed by atoms with Gasteiger partial charge in [0.2, 0.25) is 0 Å². The summed E-state index contributed by atoms with van der Waals surface area (Å²) in [5.41, 5.74) is 1.69. The van der Waals surface area contributed by atoms with Gasteiger partial charge in [-0.2, -0.15) is 0 Å². The van der Waals surface area contributed by atoms with Gasteiger partial charge in [-0.05, 0) is 6.07 Å². The van der Waals surface area contributed by atoms with Crippen LogP contribution in [-0.4, -0.2) is 25.6 Å². The molecule has 3 aromatic rings. The molecule has 0 saturated carbocycles. The Morgan fingerprint density at radius 3 is 2.35 bits per heavy atom. The Hall–Kier alpha value is -1.71. The number of para-hydroxylation sites is 2. The molecule has 0 atom stereocenters. The summed E-state index contributed by atoms with van der Waals surface area (Å²) in [5, 5.41) is 20.4. The van der Waals surface area contributed by atoms with Crippen molar-refractivity contribution in [1.29, 1.82) is 0 Å². The SMILES string of the molecule is OB(O)c1cccc2c1oc1ccccc12.[B]. The van der Waals surface area contributed by atoms with Crippen LogP contribution in [0.25, 0.3) is 21.9 Å². The number of hydrogen-bond donors (Lipinski definition) is 2. The lowest BCUT2D eigenvalue weighted by Gasteiger charge is -1.98. The third-order valence-electron chi connectivity index (χ3n) is 2.71. The van der Waals surface area contributed by atoms with E-state index in [2.05, 4.69) is 0 Å². The average molecular weight is 223 g/mol. The topological polar surface area (TPSA) is 53.6 Å². The van der Waals surface area contributed by atoms with Crippen LogP contribution in [0.1, 0.15) is 0 Å². The number of furan rings is 1. The molecule has 3 radical (unpaired) electrons. The van der Waals surface area contributed by atoms with Crippen LogP contribution in [-0.2, 0) is 0 Å². The molecule has 0 saturated heterocycles. The quantitative estimate of drug-likeness (QED) is 0.602. The van der Waals surface area contributed by atoms with Gasteiger partial charge in [0.15, 0.2) is 0 Å². The van der Waals surface area contributed by atoms with Crippen molar-refractivity contribution < 1.29 is 14.5 Å². The Balaban J connectivity index is 0.00000108. The fourth-order valence-corrected chi connectivity index (χ4v) is 1.97. The lowest BCUT2D eigenvalue weighted by atomic mass is 9.79. The van der Waals surface area contributed by atoms with Gasteiger partial charge in [0.1, 0.15) is 11.2 Å². The van der Waals surface area contributed by atoms with Gasteiger partial charge in [0.25, 0.3) is 0 Å². The number of rotatable bonds is 1. The highest BCUT2D eigenvalue weighted by Crippen LogP contribution is 2.26. The lowest BCUT2D eigenvalue weighted by molar-refractivity contribution is 0.425. The third-order valence-corrected chi connectivity index (χ3v) is 2.71. The van der Waals surface area contributed by atoms with E-state index in [-0.39, 0.29) is 8.41 Å². The van der Waals surface area contributed by atoms with E-state index in [0.717, 1.165) is 16.4 Å². The second-order valence-electron chi connectivity index (χ2n) is 3.70. The molecule has 5 heteroatoms. The first kappa shape index (κ1) is 11.8. The average Bonchev–Trinajstić information content (AvgIpc) is 2.67. The molecule has 0 fully saturated rings. The van der Waals surface area contributed by atoms with Crippen LogP contribution in [0, 0.1) is 0 Å². The standard InChI is InChI=1S/C12H9BO3.B/c14-13(15)10-6-3-5-9-8-4-1-2-7-11(8)16-12(9)10;/h1-7,14-15H;. The van der Waals surface area contributed by atoms with E-state index < -0.39 is 7.12 Å². The van der Waals surface area contributed by atoms with Crippen molar-refractivity contribution in [2.45, 2.75) is 0 Å². The molecule has 3 nitrogen and oxygen atoms in total. The molecule has 17 heavy (non-hydrogen) atoms. The molecule has 0 amide bonds. The Morgan fingerprint density at radius 2 is 1.59 bits per heavy atom. The summed E-state index contributed by atoms with van der Waals surface area (Å²) in [6.07, 6.45) is 0. The Bertz CT molecular complexity index is 661. The Kier molecular flexibility index (Phi) is 2.96. The van der Waals surface area contributed by atoms with Gasteiger partial charge in [-0.3, -0.25) is 0 Å². The molecule has 0 unspecified atom stereocenters. The van der Waals surface area contributed by atoms with E-state index in [0.29, 0.717) is 11.0 Å². The zero-order valence-electron chi connectivity index (χ0n) is 9.00. The molecule has 81 valence electrons. The molecule has 0 aliphatic heterocycles. The summed E-state index contributed by atoms with van der Waals surface area (Å²) in [6.45, 7) is 0. The normalized spacial score (nSPS) is 10.5. The van der Waals surface area contributed by atoms with E-state index in [4.69, 9.17) is 4.42 Å². The van der Waals surface area contributed by atoms with Crippen LogP contribution in [0.15, 0.2) is 46.9 Å². The zero-order valence-corrected chi connectivity index (χ0v) is 9.00. The Labute approximate surface area is 100 Å². The van der Waals surface area contributed by atoms with Crippen LogP contribution in [0.3, 0.4) is 0 Å². The molecule has 2 aromatic carbocycles. The van der Waals surface area contributed by atoms with Crippen molar-refractivity contribution in [3.8, 4) is 0 Å². The maximum Gasteiger partial charge on any atom is 0.492 e. The number of fused-ring (bicyclic) bond motifs is 3. The van der Waals surface area contributed by atoms with Gasteiger partial charge in [0, 0.05) is 24.6 Å². The highest BCUT2D eigenvalue weighted by molar-refractivity contribution is 6.61. The summed E-state index contributed by atoms with van der Waals surface area (Å²) in [5.74, 6) is 0. The van der Waals surface area contributed by atoms with Crippen LogP contribution in [0.5, 0.6) is 0 Å². The molecule has 0 spiro atoms. The second-order valence-corrected chi connectivity index (χ2v) is 3.70. The molecule has 0 bridgehead atoms. The van der Waals surface area contributed by atoms with E-state index in [1.165, 1.54) is 0 Å². The predicted molar refractivity (Wildman–Crippen MR) is 69.3 cm³/mol. The largest absolute Gasteiger partial charge is 0.492 e. The minimum atomic E-state index is -1.51. The summed E-state index contributed by atoms with van der Waals surface area (Å²) in [7, 11) is -1.51. The molecule has 1 heterocycles. The number of hydrogen-bond acceptors (Lipinski definition) is 3. The number of benzene rings is 2. The van der Waals surface area contributed by atoms with Gasteiger partial charge >= 0.3 is 7.12 Å². The van der Waals surface area contributed by atoms with E-state index in [1.54, 1.807) is 12.1 Å². The van der Waals surface area contributed by atoms with Crippen LogP contribution in [0.4, 0.5) is 0 Å². The fraction of sp³-hybridized carbons (Fsp3) is 0. The summed E-state index contributed by atoms with van der Waals surface area (Å²) in [4.78, 5) is 0. The van der Waals surface area contributed by atoms with Gasteiger partial charge < -0.3 is 14.5 Å². The molecule has 3 rings (SSSR count). The second kappa shape index (κ2) is 4.28. The summed E-state index contributed by atoms with van der Waals surface area (Å²) >= 11 is 0. The smallest absolute Gasteiger partial charge is 0.456 e. The summed E-state index contributed by atoms with van der Waals surface area (Å²) < 4.78 is 5.62. The van der Waals surface area contributed by atoms with Crippen molar-refractivity contribution in [2.24, 2.45) is 0 Å².